The van der Waals surface area contributed by atoms with E-state index in [9.17, 15) is 13.6 Å². The molecule has 0 amide bonds. The average molecular weight is 424 g/mol. The minimum atomic E-state index is -0.386. The molecule has 8 heteroatoms. The number of benzene rings is 2. The van der Waals surface area contributed by atoms with Gasteiger partial charge < -0.3 is 9.30 Å². The quantitative estimate of drug-likeness (QED) is 0.505. The monoisotopic (exact) mass is 424 g/mol. The molecule has 0 atom stereocenters. The van der Waals surface area contributed by atoms with E-state index in [4.69, 9.17) is 4.74 Å². The molecule has 1 aliphatic heterocycles. The van der Waals surface area contributed by atoms with Gasteiger partial charge in [0.15, 0.2) is 0 Å². The van der Waals surface area contributed by atoms with Crippen LogP contribution in [0.3, 0.4) is 0 Å². The van der Waals surface area contributed by atoms with Crippen LogP contribution in [0.5, 0.6) is 0 Å². The Hall–Kier alpha value is -3.10. The van der Waals surface area contributed by atoms with Gasteiger partial charge in [0.25, 0.3) is 5.56 Å². The van der Waals surface area contributed by atoms with Crippen LogP contribution < -0.4 is 5.56 Å². The van der Waals surface area contributed by atoms with Crippen LogP contribution in [-0.2, 0) is 24.9 Å². The normalized spacial score (nSPS) is 15.2. The minimum Gasteiger partial charge on any atom is -0.379 e. The van der Waals surface area contributed by atoms with E-state index >= 15 is 0 Å². The van der Waals surface area contributed by atoms with Crippen molar-refractivity contribution in [2.24, 2.45) is 7.05 Å². The summed E-state index contributed by atoms with van der Waals surface area (Å²) in [5, 5.41) is 5.46. The predicted octanol–water partition coefficient (Wildman–Crippen LogP) is 3.05. The Labute approximate surface area is 177 Å². The Bertz CT molecular complexity index is 1340. The molecular formula is C23H22F2N4O2. The van der Waals surface area contributed by atoms with Gasteiger partial charge in [-0.2, -0.15) is 5.10 Å². The van der Waals surface area contributed by atoms with Gasteiger partial charge in [-0.15, -0.1) is 0 Å². The van der Waals surface area contributed by atoms with E-state index in [1.165, 1.54) is 16.8 Å². The van der Waals surface area contributed by atoms with Gasteiger partial charge in [0.2, 0.25) is 0 Å². The number of morpholine rings is 1. The van der Waals surface area contributed by atoms with Crippen molar-refractivity contribution in [1.29, 1.82) is 0 Å². The Morgan fingerprint density at radius 2 is 1.77 bits per heavy atom. The lowest BCUT2D eigenvalue weighted by Gasteiger charge is -2.26. The van der Waals surface area contributed by atoms with E-state index in [0.29, 0.717) is 47.2 Å². The fourth-order valence-electron chi connectivity index (χ4n) is 4.24. The highest BCUT2D eigenvalue weighted by molar-refractivity contribution is 6.07. The van der Waals surface area contributed by atoms with Crippen LogP contribution >= 0.6 is 0 Å². The first-order valence-electron chi connectivity index (χ1n) is 10.2. The van der Waals surface area contributed by atoms with Crippen LogP contribution in [0.25, 0.3) is 21.8 Å². The number of aromatic nitrogens is 3. The van der Waals surface area contributed by atoms with E-state index in [1.807, 2.05) is 0 Å². The molecule has 2 aromatic carbocycles. The topological polar surface area (TPSA) is 52.3 Å². The smallest absolute Gasteiger partial charge is 0.291 e. The number of hydrogen-bond acceptors (Lipinski definition) is 4. The maximum atomic E-state index is 14.9. The lowest BCUT2D eigenvalue weighted by Crippen LogP contribution is -2.35. The molecule has 0 N–H and O–H groups in total. The second-order valence-electron chi connectivity index (χ2n) is 7.87. The average Bonchev–Trinajstić information content (AvgIpc) is 3.04. The van der Waals surface area contributed by atoms with Crippen LogP contribution in [0.2, 0.25) is 0 Å². The molecule has 1 saturated heterocycles. The number of aryl methyl sites for hydroxylation is 1. The summed E-state index contributed by atoms with van der Waals surface area (Å²) in [5.41, 5.74) is 1.81. The molecule has 1 aliphatic rings. The summed E-state index contributed by atoms with van der Waals surface area (Å²) in [6.07, 6.45) is 1.56. The summed E-state index contributed by atoms with van der Waals surface area (Å²) in [7, 11) is 1.79. The molecule has 3 heterocycles. The molecule has 6 nitrogen and oxygen atoms in total. The van der Waals surface area contributed by atoms with Crippen LogP contribution in [0, 0.1) is 11.6 Å². The van der Waals surface area contributed by atoms with Gasteiger partial charge in [0, 0.05) is 54.1 Å². The Kier molecular flexibility index (Phi) is 5.03. The molecule has 0 radical (unpaired) electrons. The maximum Gasteiger partial charge on any atom is 0.291 e. The first-order valence-corrected chi connectivity index (χ1v) is 10.2. The molecule has 31 heavy (non-hydrogen) atoms. The fraction of sp³-hybridized carbons (Fsp3) is 0.304. The lowest BCUT2D eigenvalue weighted by atomic mass is 10.1. The van der Waals surface area contributed by atoms with Crippen molar-refractivity contribution in [3.05, 3.63) is 75.7 Å². The second kappa shape index (κ2) is 7.86. The molecule has 0 aliphatic carbocycles. The summed E-state index contributed by atoms with van der Waals surface area (Å²) in [6, 6.07) is 9.59. The van der Waals surface area contributed by atoms with Crippen LogP contribution in [0.15, 0.2) is 47.4 Å². The van der Waals surface area contributed by atoms with E-state index in [1.54, 1.807) is 42.1 Å². The van der Waals surface area contributed by atoms with Crippen molar-refractivity contribution in [1.82, 2.24) is 19.2 Å². The van der Waals surface area contributed by atoms with Gasteiger partial charge in [-0.1, -0.05) is 18.2 Å². The van der Waals surface area contributed by atoms with Gasteiger partial charge >= 0.3 is 0 Å². The first kappa shape index (κ1) is 19.8. The van der Waals surface area contributed by atoms with Crippen molar-refractivity contribution in [2.45, 2.75) is 13.1 Å². The molecule has 5 rings (SSSR count). The van der Waals surface area contributed by atoms with Crippen LogP contribution in [0.1, 0.15) is 11.1 Å². The summed E-state index contributed by atoms with van der Waals surface area (Å²) >= 11 is 0. The molecule has 160 valence electrons. The van der Waals surface area contributed by atoms with Gasteiger partial charge in [0.1, 0.15) is 17.2 Å². The maximum absolute atomic E-state index is 14.9. The highest BCUT2D eigenvalue weighted by atomic mass is 19.1. The molecule has 0 bridgehead atoms. The van der Waals surface area contributed by atoms with Crippen molar-refractivity contribution >= 4 is 21.8 Å². The summed E-state index contributed by atoms with van der Waals surface area (Å²) < 4.78 is 37.3. The first-order chi connectivity index (χ1) is 15.0. The van der Waals surface area contributed by atoms with Crippen LogP contribution in [0.4, 0.5) is 8.78 Å². The SMILES string of the molecule is Cn1c2cc(CN3CCOCC3)c(F)cc2c2cnn(Cc3ccccc3F)c(=O)c21. The van der Waals surface area contributed by atoms with Crippen molar-refractivity contribution in [3.63, 3.8) is 0 Å². The van der Waals surface area contributed by atoms with E-state index in [0.717, 1.165) is 18.6 Å². The zero-order chi connectivity index (χ0) is 21.5. The molecule has 1 fully saturated rings. The molecule has 4 aromatic rings. The molecular weight excluding hydrogens is 402 g/mol. The number of halogens is 2. The molecule has 2 aromatic heterocycles. The fourth-order valence-corrected chi connectivity index (χ4v) is 4.24. The molecule has 0 spiro atoms. The zero-order valence-electron chi connectivity index (χ0n) is 17.1. The number of rotatable bonds is 4. The highest BCUT2D eigenvalue weighted by Gasteiger charge is 2.19. The standard InChI is InChI=1S/C23H22F2N4O2/c1-27-21-10-16(13-28-6-8-31-9-7-28)20(25)11-17(21)18-12-26-29(23(30)22(18)27)14-15-4-2-3-5-19(15)24/h2-5,10-12H,6-9,13-14H2,1H3. The molecule has 0 unspecified atom stereocenters. The summed E-state index contributed by atoms with van der Waals surface area (Å²) in [5.74, 6) is -0.690. The van der Waals surface area contributed by atoms with Crippen molar-refractivity contribution < 1.29 is 13.5 Å². The van der Waals surface area contributed by atoms with Crippen molar-refractivity contribution in [2.75, 3.05) is 26.3 Å². The lowest BCUT2D eigenvalue weighted by molar-refractivity contribution is 0.0337. The third kappa shape index (κ3) is 3.51. The van der Waals surface area contributed by atoms with E-state index < -0.39 is 0 Å². The summed E-state index contributed by atoms with van der Waals surface area (Å²) in [6.45, 7) is 3.33. The third-order valence-electron chi connectivity index (χ3n) is 5.95. The Morgan fingerprint density at radius 1 is 1.00 bits per heavy atom. The Balaban J connectivity index is 1.59. The number of hydrogen-bond donors (Lipinski definition) is 0. The van der Waals surface area contributed by atoms with Gasteiger partial charge in [-0.25, -0.2) is 13.5 Å². The third-order valence-corrected chi connectivity index (χ3v) is 5.95. The minimum absolute atomic E-state index is 0.0274. The van der Waals surface area contributed by atoms with E-state index in [2.05, 4.69) is 10.00 Å². The van der Waals surface area contributed by atoms with Gasteiger partial charge in [0.05, 0.1) is 26.0 Å². The van der Waals surface area contributed by atoms with Crippen molar-refractivity contribution in [3.8, 4) is 0 Å². The van der Waals surface area contributed by atoms with E-state index in [-0.39, 0.29) is 23.7 Å². The second-order valence-corrected chi connectivity index (χ2v) is 7.87. The predicted molar refractivity (Wildman–Crippen MR) is 114 cm³/mol. The highest BCUT2D eigenvalue weighted by Crippen LogP contribution is 2.28. The molecule has 0 saturated carbocycles. The largest absolute Gasteiger partial charge is 0.379 e. The number of fused-ring (bicyclic) bond motifs is 3. The van der Waals surface area contributed by atoms with Gasteiger partial charge in [-0.05, 0) is 18.2 Å². The summed E-state index contributed by atoms with van der Waals surface area (Å²) in [4.78, 5) is 15.3. The Morgan fingerprint density at radius 3 is 2.55 bits per heavy atom. The number of nitrogens with zero attached hydrogens (tertiary/aromatic N) is 4. The van der Waals surface area contributed by atoms with Crippen LogP contribution in [-0.4, -0.2) is 45.6 Å². The van der Waals surface area contributed by atoms with Gasteiger partial charge in [-0.3, -0.25) is 9.69 Å². The zero-order valence-corrected chi connectivity index (χ0v) is 17.1. The number of ether oxygens (including phenoxy) is 1.